The van der Waals surface area contributed by atoms with Crippen molar-refractivity contribution < 1.29 is 23.1 Å². The van der Waals surface area contributed by atoms with Crippen LogP contribution in [0.15, 0.2) is 10.5 Å². The molecular weight excluding hydrogens is 289 g/mol. The number of aliphatic carboxylic acids is 1. The van der Waals surface area contributed by atoms with Crippen molar-refractivity contribution in [2.75, 3.05) is 0 Å². The molecule has 0 aliphatic heterocycles. The van der Waals surface area contributed by atoms with Gasteiger partial charge in [-0.15, -0.1) is 0 Å². The molecule has 0 aromatic heterocycles. The van der Waals surface area contributed by atoms with Crippen molar-refractivity contribution in [2.24, 2.45) is 0 Å². The van der Waals surface area contributed by atoms with Crippen LogP contribution in [0.5, 0.6) is 0 Å². The van der Waals surface area contributed by atoms with E-state index in [0.717, 1.165) is 0 Å². The summed E-state index contributed by atoms with van der Waals surface area (Å²) >= 11 is 2.73. The van der Waals surface area contributed by atoms with Gasteiger partial charge in [0.2, 0.25) is 0 Å². The Bertz CT molecular complexity index is 457. The van der Waals surface area contributed by atoms with Crippen molar-refractivity contribution in [2.45, 2.75) is 18.3 Å². The van der Waals surface area contributed by atoms with Gasteiger partial charge in [0, 0.05) is 5.56 Å². The van der Waals surface area contributed by atoms with Crippen molar-refractivity contribution in [3.8, 4) is 0 Å². The van der Waals surface area contributed by atoms with E-state index in [0.29, 0.717) is 6.07 Å². The molecule has 1 aliphatic rings. The molecule has 0 bridgehead atoms. The average molecular weight is 295 g/mol. The molecule has 0 saturated heterocycles. The Morgan fingerprint density at radius 1 is 1.31 bits per heavy atom. The summed E-state index contributed by atoms with van der Waals surface area (Å²) in [5.41, 5.74) is -2.29. The van der Waals surface area contributed by atoms with Gasteiger partial charge in [0.1, 0.15) is 5.82 Å². The zero-order chi connectivity index (χ0) is 12.1. The van der Waals surface area contributed by atoms with E-state index in [4.69, 9.17) is 5.11 Å². The smallest absolute Gasteiger partial charge is 0.314 e. The zero-order valence-corrected chi connectivity index (χ0v) is 9.44. The quantitative estimate of drug-likeness (QED) is 0.852. The maximum absolute atomic E-state index is 13.6. The average Bonchev–Trinajstić information content (AvgIpc) is 2.97. The molecule has 1 aliphatic carbocycles. The molecule has 1 saturated carbocycles. The molecule has 1 aromatic rings. The Balaban J connectivity index is 2.70. The summed E-state index contributed by atoms with van der Waals surface area (Å²) < 4.78 is 39.9. The Hall–Kier alpha value is -1.04. The number of hydrogen-bond acceptors (Lipinski definition) is 1. The number of carbonyl (C=O) groups is 1. The summed E-state index contributed by atoms with van der Waals surface area (Å²) in [7, 11) is 0. The molecule has 0 spiro atoms. The van der Waals surface area contributed by atoms with Crippen LogP contribution in [0.25, 0.3) is 0 Å². The minimum absolute atomic E-state index is 0.117. The first-order valence-electron chi connectivity index (χ1n) is 4.47. The summed E-state index contributed by atoms with van der Waals surface area (Å²) in [6.07, 6.45) is 0.234. The van der Waals surface area contributed by atoms with E-state index >= 15 is 0 Å². The highest BCUT2D eigenvalue weighted by Gasteiger charge is 2.55. The van der Waals surface area contributed by atoms with Gasteiger partial charge >= 0.3 is 5.97 Å². The highest BCUT2D eigenvalue weighted by atomic mass is 79.9. The van der Waals surface area contributed by atoms with Crippen LogP contribution in [0.1, 0.15) is 18.4 Å². The van der Waals surface area contributed by atoms with E-state index in [2.05, 4.69) is 15.9 Å². The molecule has 0 unspecified atom stereocenters. The van der Waals surface area contributed by atoms with Crippen LogP contribution in [0.4, 0.5) is 13.2 Å². The molecule has 86 valence electrons. The molecule has 0 heterocycles. The first-order valence-corrected chi connectivity index (χ1v) is 5.26. The zero-order valence-electron chi connectivity index (χ0n) is 7.86. The summed E-state index contributed by atoms with van der Waals surface area (Å²) in [5.74, 6) is -5.04. The highest BCUT2D eigenvalue weighted by Crippen LogP contribution is 2.51. The second kappa shape index (κ2) is 3.48. The van der Waals surface area contributed by atoms with E-state index in [-0.39, 0.29) is 17.3 Å². The van der Waals surface area contributed by atoms with Crippen LogP contribution in [0.3, 0.4) is 0 Å². The topological polar surface area (TPSA) is 37.3 Å². The summed E-state index contributed by atoms with van der Waals surface area (Å²) in [6, 6.07) is 0.645. The van der Waals surface area contributed by atoms with Gasteiger partial charge in [-0.3, -0.25) is 4.79 Å². The number of carboxylic acid groups (broad SMARTS) is 1. The van der Waals surface area contributed by atoms with E-state index in [1.54, 1.807) is 0 Å². The number of rotatable bonds is 2. The fourth-order valence-corrected chi connectivity index (χ4v) is 2.09. The Morgan fingerprint density at radius 3 is 2.31 bits per heavy atom. The van der Waals surface area contributed by atoms with Crippen LogP contribution in [-0.2, 0) is 10.2 Å². The van der Waals surface area contributed by atoms with E-state index in [1.165, 1.54) is 0 Å². The fourth-order valence-electron chi connectivity index (χ4n) is 1.69. The molecular formula is C10H6BrF3O2. The van der Waals surface area contributed by atoms with Gasteiger partial charge < -0.3 is 5.11 Å². The van der Waals surface area contributed by atoms with Crippen LogP contribution >= 0.6 is 15.9 Å². The molecule has 0 atom stereocenters. The van der Waals surface area contributed by atoms with Crippen molar-refractivity contribution in [1.82, 2.24) is 0 Å². The Kier molecular flexibility index (Phi) is 2.49. The van der Waals surface area contributed by atoms with Crippen LogP contribution < -0.4 is 0 Å². The molecule has 1 aromatic carbocycles. The lowest BCUT2D eigenvalue weighted by Gasteiger charge is -2.13. The monoisotopic (exact) mass is 294 g/mol. The number of benzene rings is 1. The van der Waals surface area contributed by atoms with E-state index in [1.807, 2.05) is 0 Å². The predicted molar refractivity (Wildman–Crippen MR) is 52.6 cm³/mol. The predicted octanol–water partition coefficient (Wildman–Crippen LogP) is 2.98. The van der Waals surface area contributed by atoms with Gasteiger partial charge in [0.15, 0.2) is 11.6 Å². The summed E-state index contributed by atoms with van der Waals surface area (Å²) in [5, 5.41) is 8.92. The molecule has 1 N–H and O–H groups in total. The van der Waals surface area contributed by atoms with E-state index < -0.39 is 34.4 Å². The third-order valence-corrected chi connectivity index (χ3v) is 3.33. The third kappa shape index (κ3) is 1.43. The molecule has 1 fully saturated rings. The van der Waals surface area contributed by atoms with Gasteiger partial charge in [0.05, 0.1) is 9.89 Å². The van der Waals surface area contributed by atoms with Crippen molar-refractivity contribution in [3.63, 3.8) is 0 Å². The molecule has 16 heavy (non-hydrogen) atoms. The van der Waals surface area contributed by atoms with E-state index in [9.17, 15) is 18.0 Å². The Morgan fingerprint density at radius 2 is 1.88 bits per heavy atom. The van der Waals surface area contributed by atoms with Crippen LogP contribution in [0.2, 0.25) is 0 Å². The fraction of sp³-hybridized carbons (Fsp3) is 0.300. The van der Waals surface area contributed by atoms with Crippen LogP contribution in [0, 0.1) is 17.5 Å². The molecule has 6 heteroatoms. The maximum Gasteiger partial charge on any atom is 0.314 e. The molecule has 0 amide bonds. The molecule has 2 nitrogen and oxygen atoms in total. The molecule has 0 radical (unpaired) electrons. The van der Waals surface area contributed by atoms with Crippen molar-refractivity contribution in [1.29, 1.82) is 0 Å². The first-order chi connectivity index (χ1) is 7.40. The van der Waals surface area contributed by atoms with Gasteiger partial charge in [0.25, 0.3) is 0 Å². The second-order valence-corrected chi connectivity index (χ2v) is 4.58. The van der Waals surface area contributed by atoms with Gasteiger partial charge in [-0.1, -0.05) is 0 Å². The lowest BCUT2D eigenvalue weighted by molar-refractivity contribution is -0.140. The number of hydrogen-bond donors (Lipinski definition) is 1. The largest absolute Gasteiger partial charge is 0.481 e. The summed E-state index contributed by atoms with van der Waals surface area (Å²) in [4.78, 5) is 10.9. The highest BCUT2D eigenvalue weighted by molar-refractivity contribution is 9.10. The lowest BCUT2D eigenvalue weighted by Crippen LogP contribution is -2.23. The van der Waals surface area contributed by atoms with Crippen LogP contribution in [-0.4, -0.2) is 11.1 Å². The maximum atomic E-state index is 13.6. The minimum atomic E-state index is -1.60. The second-order valence-electron chi connectivity index (χ2n) is 3.73. The summed E-state index contributed by atoms with van der Waals surface area (Å²) in [6.45, 7) is 0. The normalized spacial score (nSPS) is 17.2. The minimum Gasteiger partial charge on any atom is -0.481 e. The van der Waals surface area contributed by atoms with Gasteiger partial charge in [-0.25, -0.2) is 13.2 Å². The number of carboxylic acids is 1. The Labute approximate surface area is 97.2 Å². The standard InChI is InChI=1S/C10H6BrF3O2/c11-4-3-5(12)8(14)6(7(4)13)10(1-2-10)9(15)16/h3H,1-2H2,(H,15,16). The SMILES string of the molecule is O=C(O)C1(c2c(F)c(F)cc(Br)c2F)CC1. The van der Waals surface area contributed by atoms with Gasteiger partial charge in [-0.2, -0.15) is 0 Å². The van der Waals surface area contributed by atoms with Gasteiger partial charge in [-0.05, 0) is 34.8 Å². The lowest BCUT2D eigenvalue weighted by atomic mass is 9.95. The molecule has 2 rings (SSSR count). The number of halogens is 4. The first kappa shape index (κ1) is 11.4. The third-order valence-electron chi connectivity index (χ3n) is 2.75. The van der Waals surface area contributed by atoms with Crippen molar-refractivity contribution in [3.05, 3.63) is 33.6 Å². The van der Waals surface area contributed by atoms with Crippen molar-refractivity contribution >= 4 is 21.9 Å².